The Morgan fingerprint density at radius 1 is 1.13 bits per heavy atom. The fraction of sp³-hybridized carbons (Fsp3) is 0.429. The molecule has 30 heavy (non-hydrogen) atoms. The number of halogens is 1. The van der Waals surface area contributed by atoms with Gasteiger partial charge in [-0.3, -0.25) is 0 Å². The molecule has 1 aromatic carbocycles. The Hall–Kier alpha value is -2.07. The van der Waals surface area contributed by atoms with Gasteiger partial charge in [0, 0.05) is 29.6 Å². The molecule has 0 spiro atoms. The second kappa shape index (κ2) is 8.58. The molecule has 1 aliphatic heterocycles. The van der Waals surface area contributed by atoms with Crippen LogP contribution in [0.5, 0.6) is 0 Å². The first-order chi connectivity index (χ1) is 14.4. The highest BCUT2D eigenvalue weighted by Crippen LogP contribution is 2.37. The topological polar surface area (TPSA) is 104 Å². The largest absolute Gasteiger partial charge is 0.387 e. The summed E-state index contributed by atoms with van der Waals surface area (Å²) in [7, 11) is 4.00. The number of rotatable bonds is 6. The van der Waals surface area contributed by atoms with Gasteiger partial charge >= 0.3 is 0 Å². The molecule has 9 heteroatoms. The van der Waals surface area contributed by atoms with Crippen LogP contribution < -0.4 is 0 Å². The molecule has 5 atom stereocenters. The zero-order valence-electron chi connectivity index (χ0n) is 16.8. The van der Waals surface area contributed by atoms with Gasteiger partial charge in [0.1, 0.15) is 36.4 Å². The van der Waals surface area contributed by atoms with Gasteiger partial charge in [0.2, 0.25) is 0 Å². The Morgan fingerprint density at radius 2 is 1.87 bits per heavy atom. The highest BCUT2D eigenvalue weighted by atomic mass is 35.5. The van der Waals surface area contributed by atoms with Gasteiger partial charge in [-0.15, -0.1) is 0 Å². The Kier molecular flexibility index (Phi) is 6.06. The van der Waals surface area contributed by atoms with Crippen LogP contribution in [0, 0.1) is 0 Å². The average molecular weight is 433 g/mol. The summed E-state index contributed by atoms with van der Waals surface area (Å²) in [6, 6.07) is 8.52. The monoisotopic (exact) mass is 432 g/mol. The number of benzene rings is 1. The molecule has 1 unspecified atom stereocenters. The first kappa shape index (κ1) is 21.2. The number of nitrogens with zero attached hydrogens (tertiary/aromatic N) is 4. The Balaban J connectivity index is 1.60. The molecule has 0 saturated carbocycles. The summed E-state index contributed by atoms with van der Waals surface area (Å²) in [6.45, 7) is 0.841. The third kappa shape index (κ3) is 3.94. The van der Waals surface area contributed by atoms with Crippen molar-refractivity contribution in [2.45, 2.75) is 37.1 Å². The number of hydrogen-bond acceptors (Lipinski definition) is 7. The molecule has 3 aromatic rings. The van der Waals surface area contributed by atoms with Crippen molar-refractivity contribution < 1.29 is 20.1 Å². The van der Waals surface area contributed by atoms with Crippen molar-refractivity contribution in [3.8, 4) is 0 Å². The second-order valence-electron chi connectivity index (χ2n) is 7.80. The van der Waals surface area contributed by atoms with E-state index in [9.17, 15) is 15.3 Å². The van der Waals surface area contributed by atoms with Gasteiger partial charge in [-0.25, -0.2) is 9.97 Å². The highest BCUT2D eigenvalue weighted by Gasteiger charge is 2.47. The van der Waals surface area contributed by atoms with E-state index in [1.54, 1.807) is 35.0 Å². The van der Waals surface area contributed by atoms with Gasteiger partial charge < -0.3 is 29.5 Å². The maximum absolute atomic E-state index is 10.7. The summed E-state index contributed by atoms with van der Waals surface area (Å²) in [5.41, 5.74) is 2.05. The zero-order valence-corrected chi connectivity index (χ0v) is 17.5. The van der Waals surface area contributed by atoms with Crippen molar-refractivity contribution >= 4 is 22.6 Å². The third-order valence-corrected chi connectivity index (χ3v) is 5.71. The van der Waals surface area contributed by atoms with Crippen molar-refractivity contribution in [1.82, 2.24) is 19.4 Å². The molecule has 0 amide bonds. The second-order valence-corrected chi connectivity index (χ2v) is 8.24. The van der Waals surface area contributed by atoms with E-state index in [0.717, 1.165) is 24.0 Å². The van der Waals surface area contributed by atoms with E-state index >= 15 is 0 Å². The zero-order chi connectivity index (χ0) is 21.4. The molecule has 0 radical (unpaired) electrons. The number of aromatic nitrogens is 3. The minimum Gasteiger partial charge on any atom is -0.387 e. The fourth-order valence-corrected chi connectivity index (χ4v) is 3.91. The average Bonchev–Trinajstić information content (AvgIpc) is 3.28. The van der Waals surface area contributed by atoms with Crippen molar-refractivity contribution in [3.63, 3.8) is 0 Å². The maximum atomic E-state index is 10.7. The van der Waals surface area contributed by atoms with Gasteiger partial charge in [0.25, 0.3) is 0 Å². The standard InChI is InChI=1S/C21H25ClN4O4/c1-25(2)9-8-15-14-7-10-26(20(14)24-11-23-15)21-18(29)17(28)19(30-21)16(27)12-3-5-13(22)6-4-12/h3-7,10-11,16-19,21,27-29H,8-9H2,1-2H3/t16?,17-,18+,19+,21+/m0/s1. The van der Waals surface area contributed by atoms with Crippen LogP contribution in [0.3, 0.4) is 0 Å². The van der Waals surface area contributed by atoms with Crippen LogP contribution in [0.15, 0.2) is 42.9 Å². The van der Waals surface area contributed by atoms with Gasteiger partial charge in [0.15, 0.2) is 6.23 Å². The summed E-state index contributed by atoms with van der Waals surface area (Å²) in [4.78, 5) is 10.8. The predicted octanol–water partition coefficient (Wildman–Crippen LogP) is 1.54. The van der Waals surface area contributed by atoms with E-state index in [-0.39, 0.29) is 0 Å². The van der Waals surface area contributed by atoms with Gasteiger partial charge in [0.05, 0.1) is 5.69 Å². The van der Waals surface area contributed by atoms with Crippen LogP contribution in [-0.4, -0.2) is 73.7 Å². The van der Waals surface area contributed by atoms with Crippen LogP contribution >= 0.6 is 11.6 Å². The van der Waals surface area contributed by atoms with Crippen molar-refractivity contribution in [2.75, 3.05) is 20.6 Å². The molecule has 1 fully saturated rings. The number of ether oxygens (including phenoxy) is 1. The minimum absolute atomic E-state index is 0.542. The number of aliphatic hydroxyl groups is 3. The Labute approximate surface area is 179 Å². The van der Waals surface area contributed by atoms with Crippen molar-refractivity contribution in [3.05, 3.63) is 59.1 Å². The lowest BCUT2D eigenvalue weighted by atomic mass is 9.99. The normalized spacial score (nSPS) is 25.3. The summed E-state index contributed by atoms with van der Waals surface area (Å²) >= 11 is 5.91. The smallest absolute Gasteiger partial charge is 0.164 e. The molecule has 3 N–H and O–H groups in total. The Bertz CT molecular complexity index is 1010. The molecule has 0 aliphatic carbocycles. The SMILES string of the molecule is CN(C)CCc1ncnc2c1ccn2[C@@H]1O[C@H](C(O)c2ccc(Cl)cc2)[C@@H](O)[C@H]1O. The summed E-state index contributed by atoms with van der Waals surface area (Å²) in [5, 5.41) is 33.4. The number of likely N-dealkylation sites (N-methyl/N-ethyl adjacent to an activating group) is 1. The Morgan fingerprint density at radius 3 is 2.57 bits per heavy atom. The van der Waals surface area contributed by atoms with Gasteiger partial charge in [-0.1, -0.05) is 23.7 Å². The lowest BCUT2D eigenvalue weighted by Crippen LogP contribution is -2.34. The van der Waals surface area contributed by atoms with E-state index in [2.05, 4.69) is 14.9 Å². The molecule has 4 rings (SSSR count). The highest BCUT2D eigenvalue weighted by molar-refractivity contribution is 6.30. The molecular weight excluding hydrogens is 408 g/mol. The molecule has 8 nitrogen and oxygen atoms in total. The number of aliphatic hydroxyl groups excluding tert-OH is 3. The van der Waals surface area contributed by atoms with Crippen LogP contribution in [-0.2, 0) is 11.2 Å². The van der Waals surface area contributed by atoms with Crippen LogP contribution in [0.25, 0.3) is 11.0 Å². The molecule has 1 saturated heterocycles. The quantitative estimate of drug-likeness (QED) is 0.542. The van der Waals surface area contributed by atoms with Crippen molar-refractivity contribution in [1.29, 1.82) is 0 Å². The van der Waals surface area contributed by atoms with E-state index in [1.807, 2.05) is 20.2 Å². The molecule has 2 aromatic heterocycles. The van der Waals surface area contributed by atoms with Crippen LogP contribution in [0.1, 0.15) is 23.6 Å². The van der Waals surface area contributed by atoms with E-state index in [4.69, 9.17) is 16.3 Å². The fourth-order valence-electron chi connectivity index (χ4n) is 3.78. The third-order valence-electron chi connectivity index (χ3n) is 5.46. The van der Waals surface area contributed by atoms with Gasteiger partial charge in [-0.05, 0) is 37.9 Å². The lowest BCUT2D eigenvalue weighted by molar-refractivity contribution is -0.0848. The summed E-state index contributed by atoms with van der Waals surface area (Å²) < 4.78 is 7.61. The van der Waals surface area contributed by atoms with E-state index < -0.39 is 30.6 Å². The predicted molar refractivity (Wildman–Crippen MR) is 112 cm³/mol. The first-order valence-corrected chi connectivity index (χ1v) is 10.1. The van der Waals surface area contributed by atoms with Gasteiger partial charge in [-0.2, -0.15) is 0 Å². The number of hydrogen-bond donors (Lipinski definition) is 3. The maximum Gasteiger partial charge on any atom is 0.164 e. The van der Waals surface area contributed by atoms with E-state index in [0.29, 0.717) is 16.2 Å². The molecule has 1 aliphatic rings. The van der Waals surface area contributed by atoms with Crippen LogP contribution in [0.4, 0.5) is 0 Å². The molecule has 0 bridgehead atoms. The van der Waals surface area contributed by atoms with E-state index in [1.165, 1.54) is 6.33 Å². The first-order valence-electron chi connectivity index (χ1n) is 9.77. The molecule has 160 valence electrons. The number of fused-ring (bicyclic) bond motifs is 1. The summed E-state index contributed by atoms with van der Waals surface area (Å²) in [5.74, 6) is 0. The van der Waals surface area contributed by atoms with Crippen LogP contribution in [0.2, 0.25) is 5.02 Å². The lowest BCUT2D eigenvalue weighted by Gasteiger charge is -2.21. The summed E-state index contributed by atoms with van der Waals surface area (Å²) in [6.07, 6.45) is -1.51. The molecule has 3 heterocycles. The minimum atomic E-state index is -1.27. The molecular formula is C21H25ClN4O4. The van der Waals surface area contributed by atoms with Crippen molar-refractivity contribution in [2.24, 2.45) is 0 Å².